The zero-order valence-electron chi connectivity index (χ0n) is 18.0. The van der Waals surface area contributed by atoms with Crippen LogP contribution in [0.3, 0.4) is 0 Å². The number of oxime groups is 4. The molecule has 0 fully saturated rings. The molecule has 1 aromatic carbocycles. The predicted octanol–water partition coefficient (Wildman–Crippen LogP) is 3.81. The van der Waals surface area contributed by atoms with Crippen molar-refractivity contribution in [3.8, 4) is 6.07 Å². The van der Waals surface area contributed by atoms with E-state index in [-0.39, 0.29) is 22.8 Å². The minimum atomic E-state index is 0. The smallest absolute Gasteiger partial charge is 0.411 e. The van der Waals surface area contributed by atoms with Gasteiger partial charge in [-0.1, -0.05) is 51.0 Å². The number of hydrogen-bond donors (Lipinski definition) is 5. The normalized spacial score (nSPS) is 12.1. The monoisotopic (exact) mass is 466 g/mol. The second-order valence-electron chi connectivity index (χ2n) is 5.36. The maximum atomic E-state index is 8.03. The summed E-state index contributed by atoms with van der Waals surface area (Å²) in [6.45, 7) is 9.82. The number of hydrogen-bond acceptors (Lipinski definition) is 10. The average molecular weight is 466 g/mol. The Labute approximate surface area is 188 Å². The van der Waals surface area contributed by atoms with Gasteiger partial charge >= 0.3 is 16.8 Å². The van der Waals surface area contributed by atoms with E-state index in [1.165, 1.54) is 39.7 Å². The molecule has 0 aliphatic heterocycles. The summed E-state index contributed by atoms with van der Waals surface area (Å²) in [7, 11) is 0. The van der Waals surface area contributed by atoms with Crippen LogP contribution in [-0.4, -0.2) is 43.7 Å². The van der Waals surface area contributed by atoms with E-state index >= 15 is 0 Å². The van der Waals surface area contributed by atoms with Crippen molar-refractivity contribution in [2.24, 2.45) is 26.4 Å². The van der Waals surface area contributed by atoms with Crippen LogP contribution in [0.2, 0.25) is 0 Å². The summed E-state index contributed by atoms with van der Waals surface area (Å²) in [4.78, 5) is 0. The molecule has 0 aromatic heterocycles. The van der Waals surface area contributed by atoms with Crippen LogP contribution in [0.15, 0.2) is 51.0 Å². The summed E-state index contributed by atoms with van der Waals surface area (Å²) in [5.41, 5.74) is 8.06. The zero-order valence-corrected chi connectivity index (χ0v) is 19.0. The molecule has 0 saturated carbocycles. The summed E-state index contributed by atoms with van der Waals surface area (Å²) in [6.07, 6.45) is 1.43. The standard InChI is InChI=1S/C8H11N.2C4H8N2O2.C3H4N.Co/c1-7(9)8-5-3-2-4-6-8;2*1-3(5-7)4(2)6-8;1-2-3-4;/h2-7H,9H2,1H3;2*7-8H,1-2H3;2H,1H3;/q;;;-1;+2. The Morgan fingerprint density at radius 1 is 0.867 bits per heavy atom. The quantitative estimate of drug-likeness (QED) is 0.195. The number of benzene rings is 1. The van der Waals surface area contributed by atoms with Gasteiger partial charge in [0.05, 0.1) is 0 Å². The van der Waals surface area contributed by atoms with Crippen molar-refractivity contribution in [1.29, 1.82) is 5.26 Å². The van der Waals surface area contributed by atoms with Gasteiger partial charge in [-0.05, 0) is 40.2 Å². The Morgan fingerprint density at radius 2 is 1.13 bits per heavy atom. The van der Waals surface area contributed by atoms with E-state index < -0.39 is 0 Å². The third kappa shape index (κ3) is 21.2. The molecule has 0 heterocycles. The first-order valence-electron chi connectivity index (χ1n) is 8.39. The number of nitriles is 1. The van der Waals surface area contributed by atoms with Crippen molar-refractivity contribution < 1.29 is 37.6 Å². The second-order valence-corrected chi connectivity index (χ2v) is 5.36. The molecule has 1 unspecified atom stereocenters. The van der Waals surface area contributed by atoms with Gasteiger partial charge in [0.1, 0.15) is 22.8 Å². The summed E-state index contributed by atoms with van der Waals surface area (Å²) in [5, 5.41) is 50.8. The average Bonchev–Trinajstić information content (AvgIpc) is 2.78. The van der Waals surface area contributed by atoms with Crippen molar-refractivity contribution >= 4 is 22.8 Å². The molecule has 6 N–H and O–H groups in total. The molecule has 1 aromatic rings. The number of rotatable bonds is 3. The van der Waals surface area contributed by atoms with Crippen LogP contribution in [0.4, 0.5) is 0 Å². The van der Waals surface area contributed by atoms with Crippen molar-refractivity contribution in [1.82, 2.24) is 0 Å². The summed E-state index contributed by atoms with van der Waals surface area (Å²) >= 11 is 0. The molecule has 0 spiro atoms. The third-order valence-corrected chi connectivity index (χ3v) is 3.10. The minimum absolute atomic E-state index is 0. The van der Waals surface area contributed by atoms with Crippen LogP contribution in [0.25, 0.3) is 0 Å². The van der Waals surface area contributed by atoms with Crippen LogP contribution in [0.1, 0.15) is 53.1 Å². The minimum Gasteiger partial charge on any atom is -0.411 e. The first-order chi connectivity index (χ1) is 13.7. The topological polar surface area (TPSA) is 180 Å². The molecule has 10 nitrogen and oxygen atoms in total. The summed E-state index contributed by atoms with van der Waals surface area (Å²) < 4.78 is 0. The molecule has 0 aliphatic carbocycles. The molecule has 1 rings (SSSR count). The van der Waals surface area contributed by atoms with Gasteiger partial charge < -0.3 is 26.6 Å². The van der Waals surface area contributed by atoms with Gasteiger partial charge in [-0.2, -0.15) is 6.92 Å². The van der Waals surface area contributed by atoms with Gasteiger partial charge in [-0.25, -0.2) is 5.26 Å². The number of nitrogens with zero attached hydrogens (tertiary/aromatic N) is 5. The molecule has 0 aliphatic rings. The third-order valence-electron chi connectivity index (χ3n) is 3.10. The van der Waals surface area contributed by atoms with Gasteiger partial charge in [-0.15, -0.1) is 6.07 Å². The number of nitrogens with two attached hydrogens (primary N) is 1. The Kier molecular flexibility index (Phi) is 27.5. The second kappa shape index (κ2) is 24.0. The molecule has 0 bridgehead atoms. The SMILES string of the molecule is CC(=NO)C(C)=NO.CC(=NO)C(C)=NO.CC(N)c1ccccc1.C[CH-]C#N.[Co+2]. The van der Waals surface area contributed by atoms with Crippen molar-refractivity contribution in [2.75, 3.05) is 0 Å². The van der Waals surface area contributed by atoms with Crippen LogP contribution in [-0.2, 0) is 16.8 Å². The Bertz CT molecular complexity index is 635. The van der Waals surface area contributed by atoms with E-state index in [9.17, 15) is 0 Å². The van der Waals surface area contributed by atoms with Gasteiger partial charge in [0.25, 0.3) is 0 Å². The van der Waals surface area contributed by atoms with E-state index in [4.69, 9.17) is 31.8 Å². The van der Waals surface area contributed by atoms with Crippen LogP contribution in [0.5, 0.6) is 0 Å². The van der Waals surface area contributed by atoms with Gasteiger partial charge in [0.2, 0.25) is 0 Å². The van der Waals surface area contributed by atoms with Crippen LogP contribution < -0.4 is 5.73 Å². The first kappa shape index (κ1) is 34.4. The molecule has 1 atom stereocenters. The molecular weight excluding hydrogens is 435 g/mol. The molecule has 1 radical (unpaired) electrons. The van der Waals surface area contributed by atoms with E-state index in [1.54, 1.807) is 13.0 Å². The van der Waals surface area contributed by atoms with Crippen LogP contribution in [0, 0.1) is 17.8 Å². The fourth-order valence-electron chi connectivity index (χ4n) is 1.05. The van der Waals surface area contributed by atoms with E-state index in [1.807, 2.05) is 37.3 Å². The van der Waals surface area contributed by atoms with E-state index in [0.29, 0.717) is 22.8 Å². The summed E-state index contributed by atoms with van der Waals surface area (Å²) in [5.74, 6) is 0. The Morgan fingerprint density at radius 3 is 1.27 bits per heavy atom. The van der Waals surface area contributed by atoms with Gasteiger partial charge in [-0.3, -0.25) is 6.42 Å². The molecular formula is C19H31CoN6O4+. The molecule has 0 amide bonds. The van der Waals surface area contributed by atoms with Crippen molar-refractivity contribution in [3.63, 3.8) is 0 Å². The van der Waals surface area contributed by atoms with E-state index in [2.05, 4.69) is 20.6 Å². The van der Waals surface area contributed by atoms with Crippen LogP contribution >= 0.6 is 0 Å². The fourth-order valence-corrected chi connectivity index (χ4v) is 1.05. The maximum Gasteiger partial charge on any atom is 2.00 e. The summed E-state index contributed by atoms with van der Waals surface area (Å²) in [6, 6.07) is 12.0. The van der Waals surface area contributed by atoms with Gasteiger partial charge in [0.15, 0.2) is 0 Å². The predicted molar refractivity (Wildman–Crippen MR) is 114 cm³/mol. The molecule has 30 heavy (non-hydrogen) atoms. The largest absolute Gasteiger partial charge is 2.00 e. The zero-order chi connectivity index (χ0) is 23.2. The molecule has 169 valence electrons. The Hall–Kier alpha value is -3.07. The maximum absolute atomic E-state index is 8.03. The van der Waals surface area contributed by atoms with Crippen molar-refractivity contribution in [3.05, 3.63) is 42.3 Å². The Balaban J connectivity index is -0.000000153. The fraction of sp³-hybridized carbons (Fsp3) is 0.368. The molecule has 0 saturated heterocycles. The first-order valence-corrected chi connectivity index (χ1v) is 8.39. The van der Waals surface area contributed by atoms with Crippen molar-refractivity contribution in [2.45, 2.75) is 47.6 Å². The van der Waals surface area contributed by atoms with Gasteiger partial charge in [0, 0.05) is 6.04 Å². The van der Waals surface area contributed by atoms with E-state index in [0.717, 1.165) is 0 Å². The molecule has 11 heteroatoms.